The first-order valence-corrected chi connectivity index (χ1v) is 7.66. The minimum atomic E-state index is -0.254. The highest BCUT2D eigenvalue weighted by atomic mass is 79.9. The van der Waals surface area contributed by atoms with E-state index >= 15 is 0 Å². The number of methoxy groups -OCH3 is 1. The van der Waals surface area contributed by atoms with Gasteiger partial charge in [-0.15, -0.1) is 0 Å². The minimum absolute atomic E-state index is 0.0989. The van der Waals surface area contributed by atoms with Gasteiger partial charge in [-0.2, -0.15) is 0 Å². The summed E-state index contributed by atoms with van der Waals surface area (Å²) in [6, 6.07) is 12.9. The van der Waals surface area contributed by atoms with Gasteiger partial charge >= 0.3 is 0 Å². The molecule has 1 unspecified atom stereocenters. The number of ether oxygens (including phenoxy) is 1. The Balaban J connectivity index is 2.20. The van der Waals surface area contributed by atoms with Gasteiger partial charge in [0.05, 0.1) is 7.11 Å². The zero-order chi connectivity index (χ0) is 15.4. The zero-order valence-electron chi connectivity index (χ0n) is 12.4. The second-order valence-corrected chi connectivity index (χ2v) is 5.94. The number of halogens is 2. The van der Waals surface area contributed by atoms with Gasteiger partial charge in [-0.1, -0.05) is 34.1 Å². The molecule has 0 aromatic heterocycles. The van der Waals surface area contributed by atoms with Crippen LogP contribution in [0.1, 0.15) is 37.1 Å². The maximum Gasteiger partial charge on any atom is 0.131 e. The zero-order valence-corrected chi connectivity index (χ0v) is 13.9. The lowest BCUT2D eigenvalue weighted by Gasteiger charge is -2.23. The van der Waals surface area contributed by atoms with Gasteiger partial charge in [0.2, 0.25) is 0 Å². The molecular weight excluding hydrogens is 333 g/mol. The third kappa shape index (κ3) is 3.83. The van der Waals surface area contributed by atoms with Gasteiger partial charge in [0.15, 0.2) is 0 Å². The van der Waals surface area contributed by atoms with Crippen molar-refractivity contribution in [3.63, 3.8) is 0 Å². The first kappa shape index (κ1) is 16.0. The highest BCUT2D eigenvalue weighted by molar-refractivity contribution is 9.10. The summed E-state index contributed by atoms with van der Waals surface area (Å²) < 4.78 is 20.4. The Morgan fingerprint density at radius 2 is 1.81 bits per heavy atom. The number of rotatable bonds is 5. The Morgan fingerprint density at radius 1 is 1.10 bits per heavy atom. The summed E-state index contributed by atoms with van der Waals surface area (Å²) in [5.41, 5.74) is 1.70. The standard InChI is InChI=1S/C17H19BrFNO/c1-11(13-6-4-7-14(18)10-13)20-12(2)17-15(19)8-5-9-16(17)21-3/h4-12,20H,1-3H3/t11-,12?/m0/s1. The Labute approximate surface area is 133 Å². The van der Waals surface area contributed by atoms with Crippen molar-refractivity contribution < 1.29 is 9.13 Å². The summed E-state index contributed by atoms with van der Waals surface area (Å²) in [5, 5.41) is 3.41. The summed E-state index contributed by atoms with van der Waals surface area (Å²) in [4.78, 5) is 0. The lowest BCUT2D eigenvalue weighted by atomic mass is 10.0. The van der Waals surface area contributed by atoms with Crippen molar-refractivity contribution in [2.24, 2.45) is 0 Å². The third-order valence-electron chi connectivity index (χ3n) is 3.51. The van der Waals surface area contributed by atoms with Gasteiger partial charge in [0.25, 0.3) is 0 Å². The fourth-order valence-corrected chi connectivity index (χ4v) is 2.86. The predicted molar refractivity (Wildman–Crippen MR) is 87.1 cm³/mol. The smallest absolute Gasteiger partial charge is 0.131 e. The molecule has 2 aromatic carbocycles. The van der Waals surface area contributed by atoms with Crippen LogP contribution in [0.15, 0.2) is 46.9 Å². The Hall–Kier alpha value is -1.39. The van der Waals surface area contributed by atoms with Crippen LogP contribution in [0.5, 0.6) is 5.75 Å². The summed E-state index contributed by atoms with van der Waals surface area (Å²) >= 11 is 3.47. The molecule has 112 valence electrons. The molecule has 0 amide bonds. The maximum atomic E-state index is 14.1. The molecule has 4 heteroatoms. The van der Waals surface area contributed by atoms with Crippen molar-refractivity contribution >= 4 is 15.9 Å². The second-order valence-electron chi connectivity index (χ2n) is 5.02. The molecule has 1 N–H and O–H groups in total. The molecule has 0 spiro atoms. The molecule has 0 heterocycles. The number of hydrogen-bond donors (Lipinski definition) is 1. The third-order valence-corrected chi connectivity index (χ3v) is 4.01. The van der Waals surface area contributed by atoms with E-state index in [0.717, 1.165) is 10.0 Å². The van der Waals surface area contributed by atoms with E-state index in [1.807, 2.05) is 25.1 Å². The van der Waals surface area contributed by atoms with Crippen LogP contribution in [0.4, 0.5) is 4.39 Å². The normalized spacial score (nSPS) is 13.8. The average molecular weight is 352 g/mol. The van der Waals surface area contributed by atoms with Crippen LogP contribution in [-0.4, -0.2) is 7.11 Å². The molecule has 2 rings (SSSR count). The van der Waals surface area contributed by atoms with Crippen molar-refractivity contribution in [1.29, 1.82) is 0 Å². The predicted octanol–water partition coefficient (Wildman–Crippen LogP) is 5.01. The van der Waals surface area contributed by atoms with E-state index in [-0.39, 0.29) is 17.9 Å². The first-order valence-electron chi connectivity index (χ1n) is 6.87. The molecule has 0 aliphatic heterocycles. The summed E-state index contributed by atoms with van der Waals surface area (Å²) in [6.45, 7) is 4.00. The van der Waals surface area contributed by atoms with Crippen LogP contribution in [0, 0.1) is 5.82 Å². The Morgan fingerprint density at radius 3 is 2.48 bits per heavy atom. The molecule has 2 nitrogen and oxygen atoms in total. The number of nitrogens with one attached hydrogen (secondary N) is 1. The number of benzene rings is 2. The maximum absolute atomic E-state index is 14.1. The van der Waals surface area contributed by atoms with Gasteiger partial charge in [0, 0.05) is 22.1 Å². The largest absolute Gasteiger partial charge is 0.496 e. The van der Waals surface area contributed by atoms with Gasteiger partial charge in [-0.25, -0.2) is 4.39 Å². The van der Waals surface area contributed by atoms with Gasteiger partial charge < -0.3 is 10.1 Å². The Bertz CT molecular complexity index is 617. The number of hydrogen-bond acceptors (Lipinski definition) is 2. The fraction of sp³-hybridized carbons (Fsp3) is 0.294. The van der Waals surface area contributed by atoms with E-state index in [2.05, 4.69) is 34.2 Å². The van der Waals surface area contributed by atoms with Crippen molar-refractivity contribution in [1.82, 2.24) is 5.32 Å². The van der Waals surface area contributed by atoms with Gasteiger partial charge in [-0.05, 0) is 43.7 Å². The minimum Gasteiger partial charge on any atom is -0.496 e. The van der Waals surface area contributed by atoms with Crippen LogP contribution in [0.2, 0.25) is 0 Å². The highest BCUT2D eigenvalue weighted by Gasteiger charge is 2.18. The quantitative estimate of drug-likeness (QED) is 0.817. The van der Waals surface area contributed by atoms with Crippen molar-refractivity contribution in [3.8, 4) is 5.75 Å². The molecule has 0 aliphatic rings. The van der Waals surface area contributed by atoms with E-state index in [1.54, 1.807) is 19.2 Å². The summed E-state index contributed by atoms with van der Waals surface area (Å²) in [5.74, 6) is 0.312. The van der Waals surface area contributed by atoms with Gasteiger partial charge in [-0.3, -0.25) is 0 Å². The molecule has 21 heavy (non-hydrogen) atoms. The van der Waals surface area contributed by atoms with Gasteiger partial charge in [0.1, 0.15) is 11.6 Å². The van der Waals surface area contributed by atoms with Crippen LogP contribution < -0.4 is 10.1 Å². The molecular formula is C17H19BrFNO. The van der Waals surface area contributed by atoms with E-state index in [4.69, 9.17) is 4.74 Å². The SMILES string of the molecule is COc1cccc(F)c1C(C)N[C@@H](C)c1cccc(Br)c1. The van der Waals surface area contributed by atoms with E-state index in [0.29, 0.717) is 11.3 Å². The van der Waals surface area contributed by atoms with Crippen molar-refractivity contribution in [2.75, 3.05) is 7.11 Å². The molecule has 2 aromatic rings. The molecule has 0 radical (unpaired) electrons. The van der Waals surface area contributed by atoms with Crippen LogP contribution >= 0.6 is 15.9 Å². The molecule has 0 saturated carbocycles. The van der Waals surface area contributed by atoms with Crippen LogP contribution in [0.3, 0.4) is 0 Å². The average Bonchev–Trinajstić information content (AvgIpc) is 2.46. The summed E-state index contributed by atoms with van der Waals surface area (Å²) in [7, 11) is 1.56. The van der Waals surface area contributed by atoms with Crippen LogP contribution in [0.25, 0.3) is 0 Å². The molecule has 0 saturated heterocycles. The highest BCUT2D eigenvalue weighted by Crippen LogP contribution is 2.29. The van der Waals surface area contributed by atoms with Crippen LogP contribution in [-0.2, 0) is 0 Å². The lowest BCUT2D eigenvalue weighted by molar-refractivity contribution is 0.387. The fourth-order valence-electron chi connectivity index (χ4n) is 2.45. The van der Waals surface area contributed by atoms with E-state index in [1.165, 1.54) is 6.07 Å². The monoisotopic (exact) mass is 351 g/mol. The van der Waals surface area contributed by atoms with E-state index < -0.39 is 0 Å². The second kappa shape index (κ2) is 7.05. The van der Waals surface area contributed by atoms with Crippen molar-refractivity contribution in [2.45, 2.75) is 25.9 Å². The van der Waals surface area contributed by atoms with Crippen molar-refractivity contribution in [3.05, 3.63) is 63.9 Å². The van der Waals surface area contributed by atoms with E-state index in [9.17, 15) is 4.39 Å². The lowest BCUT2D eigenvalue weighted by Crippen LogP contribution is -2.23. The summed E-state index contributed by atoms with van der Waals surface area (Å²) in [6.07, 6.45) is 0. The molecule has 2 atom stereocenters. The molecule has 0 fully saturated rings. The first-order chi connectivity index (χ1) is 10.0. The molecule has 0 aliphatic carbocycles. The molecule has 0 bridgehead atoms. The Kier molecular flexibility index (Phi) is 5.37. The topological polar surface area (TPSA) is 21.3 Å².